The molecule has 0 fully saturated rings. The second kappa shape index (κ2) is 9.09. The zero-order chi connectivity index (χ0) is 20.9. The van der Waals surface area contributed by atoms with E-state index in [0.29, 0.717) is 11.0 Å². The van der Waals surface area contributed by atoms with Crippen molar-refractivity contribution in [3.05, 3.63) is 66.2 Å². The summed E-state index contributed by atoms with van der Waals surface area (Å²) in [5.41, 5.74) is 0.534. The van der Waals surface area contributed by atoms with Crippen molar-refractivity contribution in [2.24, 2.45) is 0 Å². The van der Waals surface area contributed by atoms with Crippen LogP contribution in [0.25, 0.3) is 5.69 Å². The summed E-state index contributed by atoms with van der Waals surface area (Å²) >= 11 is 1.28. The summed E-state index contributed by atoms with van der Waals surface area (Å²) in [7, 11) is 0. The summed E-state index contributed by atoms with van der Waals surface area (Å²) in [5, 5.41) is 11.9. The van der Waals surface area contributed by atoms with Crippen molar-refractivity contribution in [1.29, 1.82) is 0 Å². The highest BCUT2D eigenvalue weighted by Gasteiger charge is 2.19. The summed E-state index contributed by atoms with van der Waals surface area (Å²) in [4.78, 5) is 12.2. The normalized spacial score (nSPS) is 11.3. The molecule has 1 aromatic heterocycles. The van der Waals surface area contributed by atoms with Gasteiger partial charge in [-0.05, 0) is 45.0 Å². The molecule has 152 valence electrons. The number of carbonyl (C=O) groups excluding carboxylic acids is 1. The van der Waals surface area contributed by atoms with Gasteiger partial charge in [-0.25, -0.2) is 4.39 Å². The number of nitrogens with zero attached hydrogens (tertiary/aromatic N) is 3. The Balaban J connectivity index is 1.80. The standard InChI is InChI=1S/C21H23FN4O2S/c1-21(2,3)23-19(27)14-29-20-25-24-18(26(20)15-9-5-4-6-10-15)13-28-17-12-8-7-11-16(17)22/h4-12H,13-14H2,1-3H3,(H,23,27). The molecule has 8 heteroatoms. The largest absolute Gasteiger partial charge is 0.483 e. The van der Waals surface area contributed by atoms with Crippen LogP contribution in [0.4, 0.5) is 4.39 Å². The number of hydrogen-bond donors (Lipinski definition) is 1. The molecule has 0 radical (unpaired) electrons. The predicted molar refractivity (Wildman–Crippen MR) is 111 cm³/mol. The number of carbonyl (C=O) groups is 1. The number of para-hydroxylation sites is 2. The molecule has 0 aliphatic rings. The Kier molecular flexibility index (Phi) is 6.53. The number of rotatable bonds is 7. The average molecular weight is 415 g/mol. The smallest absolute Gasteiger partial charge is 0.230 e. The molecule has 0 saturated carbocycles. The Morgan fingerprint density at radius 3 is 2.48 bits per heavy atom. The van der Waals surface area contributed by atoms with Crippen LogP contribution in [0, 0.1) is 5.82 Å². The van der Waals surface area contributed by atoms with Gasteiger partial charge < -0.3 is 10.1 Å². The number of ether oxygens (including phenoxy) is 1. The number of aromatic nitrogens is 3. The van der Waals surface area contributed by atoms with Crippen LogP contribution in [-0.4, -0.2) is 32.0 Å². The van der Waals surface area contributed by atoms with E-state index < -0.39 is 5.82 Å². The van der Waals surface area contributed by atoms with Gasteiger partial charge >= 0.3 is 0 Å². The van der Waals surface area contributed by atoms with E-state index in [4.69, 9.17) is 4.74 Å². The molecule has 29 heavy (non-hydrogen) atoms. The van der Waals surface area contributed by atoms with Crippen molar-refractivity contribution in [2.75, 3.05) is 5.75 Å². The minimum absolute atomic E-state index is 0.0393. The number of benzene rings is 2. The number of amides is 1. The first-order valence-corrected chi connectivity index (χ1v) is 10.1. The zero-order valence-corrected chi connectivity index (χ0v) is 17.4. The van der Waals surface area contributed by atoms with Gasteiger partial charge in [0, 0.05) is 11.2 Å². The highest BCUT2D eigenvalue weighted by atomic mass is 32.2. The molecule has 0 spiro atoms. The van der Waals surface area contributed by atoms with Gasteiger partial charge in [-0.3, -0.25) is 9.36 Å². The van der Waals surface area contributed by atoms with Crippen molar-refractivity contribution >= 4 is 17.7 Å². The van der Waals surface area contributed by atoms with Crippen molar-refractivity contribution in [3.63, 3.8) is 0 Å². The molecule has 0 unspecified atom stereocenters. The van der Waals surface area contributed by atoms with E-state index in [1.165, 1.54) is 17.8 Å². The lowest BCUT2D eigenvalue weighted by molar-refractivity contribution is -0.119. The monoisotopic (exact) mass is 414 g/mol. The predicted octanol–water partition coefficient (Wildman–Crippen LogP) is 3.99. The van der Waals surface area contributed by atoms with E-state index in [1.54, 1.807) is 18.2 Å². The second-order valence-electron chi connectivity index (χ2n) is 7.38. The number of nitrogens with one attached hydrogen (secondary N) is 1. The van der Waals surface area contributed by atoms with Crippen molar-refractivity contribution in [1.82, 2.24) is 20.1 Å². The van der Waals surface area contributed by atoms with E-state index in [0.717, 1.165) is 5.69 Å². The highest BCUT2D eigenvalue weighted by molar-refractivity contribution is 7.99. The van der Waals surface area contributed by atoms with Crippen molar-refractivity contribution in [2.45, 2.75) is 38.1 Å². The fourth-order valence-electron chi connectivity index (χ4n) is 2.61. The lowest BCUT2D eigenvalue weighted by Crippen LogP contribution is -2.41. The molecule has 0 saturated heterocycles. The third kappa shape index (κ3) is 5.80. The van der Waals surface area contributed by atoms with Crippen LogP contribution in [0.15, 0.2) is 59.8 Å². The summed E-state index contributed by atoms with van der Waals surface area (Å²) in [6, 6.07) is 15.7. The minimum atomic E-state index is -0.438. The molecule has 0 atom stereocenters. The molecule has 1 amide bonds. The van der Waals surface area contributed by atoms with E-state index in [1.807, 2.05) is 55.7 Å². The molecule has 0 aliphatic carbocycles. The fraction of sp³-hybridized carbons (Fsp3) is 0.286. The molecule has 3 rings (SSSR count). The molecule has 3 aromatic rings. The quantitative estimate of drug-likeness (QED) is 0.592. The maximum atomic E-state index is 13.8. The Hall–Kier alpha value is -2.87. The SMILES string of the molecule is CC(C)(C)NC(=O)CSc1nnc(COc2ccccc2F)n1-c1ccccc1. The summed E-state index contributed by atoms with van der Waals surface area (Å²) in [5.74, 6) is 0.337. The maximum Gasteiger partial charge on any atom is 0.230 e. The summed E-state index contributed by atoms with van der Waals surface area (Å²) < 4.78 is 21.3. The van der Waals surface area contributed by atoms with Crippen LogP contribution in [0.1, 0.15) is 26.6 Å². The first-order chi connectivity index (χ1) is 13.8. The van der Waals surface area contributed by atoms with Gasteiger partial charge in [0.2, 0.25) is 5.91 Å². The molecule has 0 bridgehead atoms. The van der Waals surface area contributed by atoms with Crippen LogP contribution >= 0.6 is 11.8 Å². The molecule has 1 N–H and O–H groups in total. The Bertz CT molecular complexity index is 970. The average Bonchev–Trinajstić information content (AvgIpc) is 3.08. The molecule has 2 aromatic carbocycles. The van der Waals surface area contributed by atoms with Crippen LogP contribution < -0.4 is 10.1 Å². The van der Waals surface area contributed by atoms with Crippen LogP contribution in [-0.2, 0) is 11.4 Å². The highest BCUT2D eigenvalue weighted by Crippen LogP contribution is 2.24. The van der Waals surface area contributed by atoms with Gasteiger partial charge in [0.15, 0.2) is 22.5 Å². The topological polar surface area (TPSA) is 69.0 Å². The maximum absolute atomic E-state index is 13.8. The fourth-order valence-corrected chi connectivity index (χ4v) is 3.38. The van der Waals surface area contributed by atoms with E-state index in [9.17, 15) is 9.18 Å². The number of halogens is 1. The number of thioether (sulfide) groups is 1. The molecular formula is C21H23FN4O2S. The Morgan fingerprint density at radius 2 is 1.79 bits per heavy atom. The van der Waals surface area contributed by atoms with Gasteiger partial charge in [-0.15, -0.1) is 10.2 Å². The van der Waals surface area contributed by atoms with Crippen molar-refractivity contribution < 1.29 is 13.9 Å². The third-order valence-corrected chi connectivity index (χ3v) is 4.68. The van der Waals surface area contributed by atoms with Crippen LogP contribution in [0.2, 0.25) is 0 Å². The first kappa shape index (κ1) is 20.9. The van der Waals surface area contributed by atoms with Crippen LogP contribution in [0.3, 0.4) is 0 Å². The molecule has 1 heterocycles. The van der Waals surface area contributed by atoms with Gasteiger partial charge in [0.1, 0.15) is 6.61 Å². The Morgan fingerprint density at radius 1 is 1.10 bits per heavy atom. The van der Waals surface area contributed by atoms with E-state index in [-0.39, 0.29) is 29.6 Å². The minimum Gasteiger partial charge on any atom is -0.483 e. The Labute approximate surface area is 173 Å². The van der Waals surface area contributed by atoms with E-state index in [2.05, 4.69) is 15.5 Å². The molecule has 0 aliphatic heterocycles. The van der Waals surface area contributed by atoms with Crippen molar-refractivity contribution in [3.8, 4) is 11.4 Å². The summed E-state index contributed by atoms with van der Waals surface area (Å²) in [6.45, 7) is 5.83. The summed E-state index contributed by atoms with van der Waals surface area (Å²) in [6.07, 6.45) is 0. The second-order valence-corrected chi connectivity index (χ2v) is 8.32. The lowest BCUT2D eigenvalue weighted by atomic mass is 10.1. The first-order valence-electron chi connectivity index (χ1n) is 9.14. The zero-order valence-electron chi connectivity index (χ0n) is 16.6. The van der Waals surface area contributed by atoms with Crippen LogP contribution in [0.5, 0.6) is 5.75 Å². The lowest BCUT2D eigenvalue weighted by Gasteiger charge is -2.20. The van der Waals surface area contributed by atoms with Gasteiger partial charge in [-0.1, -0.05) is 42.1 Å². The number of hydrogen-bond acceptors (Lipinski definition) is 5. The van der Waals surface area contributed by atoms with Gasteiger partial charge in [0.25, 0.3) is 0 Å². The van der Waals surface area contributed by atoms with Gasteiger partial charge in [-0.2, -0.15) is 0 Å². The van der Waals surface area contributed by atoms with Gasteiger partial charge in [0.05, 0.1) is 5.75 Å². The molecular weight excluding hydrogens is 391 g/mol. The van der Waals surface area contributed by atoms with E-state index >= 15 is 0 Å². The third-order valence-electron chi connectivity index (χ3n) is 3.75. The molecule has 6 nitrogen and oxygen atoms in total.